The number of fused-ring (bicyclic) bond motifs is 1. The first-order chi connectivity index (χ1) is 14.4. The SMILES string of the molecule is CCC(NC(=O)c1ccc(N(CC)S(=O)(=O)CC)cc1)c1ccc2c(c1)CCCC2. The van der Waals surface area contributed by atoms with E-state index in [9.17, 15) is 13.2 Å². The number of hydrogen-bond donors (Lipinski definition) is 1. The molecule has 2 aromatic rings. The Labute approximate surface area is 180 Å². The molecular formula is C24H32N2O3S. The molecule has 1 aliphatic rings. The molecule has 30 heavy (non-hydrogen) atoms. The molecule has 0 aromatic heterocycles. The van der Waals surface area contributed by atoms with Crippen molar-refractivity contribution < 1.29 is 13.2 Å². The highest BCUT2D eigenvalue weighted by Gasteiger charge is 2.20. The van der Waals surface area contributed by atoms with E-state index in [0.29, 0.717) is 17.8 Å². The molecule has 2 aromatic carbocycles. The standard InChI is InChI=1S/C24H32N2O3S/c1-4-23(21-12-11-18-9-7-8-10-20(18)17-21)25-24(27)19-13-15-22(16-14-19)26(5-2)30(28,29)6-3/h11-17,23H,4-10H2,1-3H3,(H,25,27). The molecule has 3 rings (SSSR count). The number of benzene rings is 2. The van der Waals surface area contributed by atoms with Crippen molar-refractivity contribution in [2.45, 2.75) is 58.9 Å². The van der Waals surface area contributed by atoms with Crippen molar-refractivity contribution in [3.63, 3.8) is 0 Å². The van der Waals surface area contributed by atoms with Crippen LogP contribution in [0.15, 0.2) is 42.5 Å². The quantitative estimate of drug-likeness (QED) is 0.667. The zero-order valence-electron chi connectivity index (χ0n) is 18.1. The van der Waals surface area contributed by atoms with Crippen molar-refractivity contribution in [1.82, 2.24) is 5.32 Å². The molecule has 1 aliphatic carbocycles. The van der Waals surface area contributed by atoms with Crippen LogP contribution < -0.4 is 9.62 Å². The number of amides is 1. The van der Waals surface area contributed by atoms with Crippen LogP contribution in [0, 0.1) is 0 Å². The van der Waals surface area contributed by atoms with Crippen LogP contribution >= 0.6 is 0 Å². The predicted molar refractivity (Wildman–Crippen MR) is 123 cm³/mol. The van der Waals surface area contributed by atoms with Crippen LogP contribution in [0.5, 0.6) is 0 Å². The van der Waals surface area contributed by atoms with Gasteiger partial charge in [0.2, 0.25) is 10.0 Å². The van der Waals surface area contributed by atoms with Gasteiger partial charge in [-0.05, 0) is 86.9 Å². The number of carbonyl (C=O) groups is 1. The topological polar surface area (TPSA) is 66.5 Å². The first kappa shape index (κ1) is 22.3. The number of carbonyl (C=O) groups excluding carboxylic acids is 1. The summed E-state index contributed by atoms with van der Waals surface area (Å²) in [6.07, 6.45) is 5.55. The maximum atomic E-state index is 12.8. The lowest BCUT2D eigenvalue weighted by Gasteiger charge is -2.23. The summed E-state index contributed by atoms with van der Waals surface area (Å²) in [5, 5.41) is 3.14. The van der Waals surface area contributed by atoms with Crippen molar-refractivity contribution in [2.24, 2.45) is 0 Å². The van der Waals surface area contributed by atoms with Gasteiger partial charge in [-0.3, -0.25) is 9.10 Å². The third-order valence-electron chi connectivity index (χ3n) is 5.89. The molecule has 0 aliphatic heterocycles. The van der Waals surface area contributed by atoms with Gasteiger partial charge >= 0.3 is 0 Å². The minimum Gasteiger partial charge on any atom is -0.345 e. The van der Waals surface area contributed by atoms with E-state index in [0.717, 1.165) is 24.8 Å². The Morgan fingerprint density at radius 1 is 1.00 bits per heavy atom. The van der Waals surface area contributed by atoms with Gasteiger partial charge in [0.25, 0.3) is 5.91 Å². The summed E-state index contributed by atoms with van der Waals surface area (Å²) < 4.78 is 25.9. The fourth-order valence-corrected chi connectivity index (χ4v) is 5.26. The van der Waals surface area contributed by atoms with E-state index >= 15 is 0 Å². The Hall–Kier alpha value is -2.34. The summed E-state index contributed by atoms with van der Waals surface area (Å²) in [7, 11) is -3.33. The first-order valence-electron chi connectivity index (χ1n) is 10.9. The van der Waals surface area contributed by atoms with Crippen LogP contribution in [0.3, 0.4) is 0 Å². The highest BCUT2D eigenvalue weighted by molar-refractivity contribution is 7.92. The van der Waals surface area contributed by atoms with Gasteiger partial charge in [-0.15, -0.1) is 0 Å². The van der Waals surface area contributed by atoms with E-state index in [4.69, 9.17) is 0 Å². The second-order valence-corrected chi connectivity index (χ2v) is 9.96. The van der Waals surface area contributed by atoms with Crippen molar-refractivity contribution in [1.29, 1.82) is 0 Å². The molecule has 0 saturated heterocycles. The van der Waals surface area contributed by atoms with Crippen LogP contribution in [0.4, 0.5) is 5.69 Å². The van der Waals surface area contributed by atoms with Crippen LogP contribution in [-0.2, 0) is 22.9 Å². The van der Waals surface area contributed by atoms with Crippen LogP contribution in [0.2, 0.25) is 0 Å². The van der Waals surface area contributed by atoms with Crippen molar-refractivity contribution in [3.8, 4) is 0 Å². The van der Waals surface area contributed by atoms with E-state index < -0.39 is 10.0 Å². The first-order valence-corrected chi connectivity index (χ1v) is 12.5. The van der Waals surface area contributed by atoms with Gasteiger partial charge < -0.3 is 5.32 Å². The Bertz CT molecular complexity index is 984. The molecule has 0 heterocycles. The number of rotatable bonds is 8. The zero-order chi connectivity index (χ0) is 21.7. The normalized spacial score (nSPS) is 14.6. The van der Waals surface area contributed by atoms with E-state index in [1.807, 2.05) is 0 Å². The van der Waals surface area contributed by atoms with Crippen molar-refractivity contribution in [2.75, 3.05) is 16.6 Å². The Morgan fingerprint density at radius 2 is 1.67 bits per heavy atom. The summed E-state index contributed by atoms with van der Waals surface area (Å²) in [4.78, 5) is 12.8. The molecule has 0 bridgehead atoms. The molecule has 0 fully saturated rings. The zero-order valence-corrected chi connectivity index (χ0v) is 19.0. The average Bonchev–Trinajstić information content (AvgIpc) is 2.77. The van der Waals surface area contributed by atoms with E-state index in [1.165, 1.54) is 28.3 Å². The molecule has 0 saturated carbocycles. The van der Waals surface area contributed by atoms with Gasteiger partial charge in [-0.1, -0.05) is 25.1 Å². The largest absolute Gasteiger partial charge is 0.345 e. The molecule has 5 nitrogen and oxygen atoms in total. The highest BCUT2D eigenvalue weighted by atomic mass is 32.2. The minimum absolute atomic E-state index is 0.0437. The lowest BCUT2D eigenvalue weighted by molar-refractivity contribution is 0.0935. The Kier molecular flexibility index (Phi) is 7.19. The summed E-state index contributed by atoms with van der Waals surface area (Å²) >= 11 is 0. The Balaban J connectivity index is 1.74. The number of aryl methyl sites for hydroxylation is 2. The molecule has 162 valence electrons. The van der Waals surface area contributed by atoms with Gasteiger partial charge in [0.1, 0.15) is 0 Å². The number of anilines is 1. The Morgan fingerprint density at radius 3 is 2.27 bits per heavy atom. The van der Waals surface area contributed by atoms with Gasteiger partial charge in [-0.25, -0.2) is 8.42 Å². The second-order valence-electron chi connectivity index (χ2n) is 7.78. The molecule has 0 radical (unpaired) electrons. The number of hydrogen-bond acceptors (Lipinski definition) is 3. The maximum Gasteiger partial charge on any atom is 0.251 e. The maximum absolute atomic E-state index is 12.8. The number of sulfonamides is 1. The minimum atomic E-state index is -3.33. The number of nitrogens with zero attached hydrogens (tertiary/aromatic N) is 1. The van der Waals surface area contributed by atoms with Crippen LogP contribution in [0.25, 0.3) is 0 Å². The van der Waals surface area contributed by atoms with Gasteiger partial charge in [0.15, 0.2) is 0 Å². The van der Waals surface area contributed by atoms with E-state index in [2.05, 4.69) is 30.4 Å². The molecule has 1 unspecified atom stereocenters. The molecule has 1 amide bonds. The summed E-state index contributed by atoms with van der Waals surface area (Å²) in [5.74, 6) is -0.102. The highest BCUT2D eigenvalue weighted by Crippen LogP contribution is 2.26. The summed E-state index contributed by atoms with van der Waals surface area (Å²) in [6.45, 7) is 5.86. The fourth-order valence-electron chi connectivity index (χ4n) is 4.11. The molecular weight excluding hydrogens is 396 g/mol. The summed E-state index contributed by atoms with van der Waals surface area (Å²) in [6, 6.07) is 13.3. The monoisotopic (exact) mass is 428 g/mol. The molecule has 6 heteroatoms. The average molecular weight is 429 g/mol. The predicted octanol–water partition coefficient (Wildman–Crippen LogP) is 4.62. The van der Waals surface area contributed by atoms with Crippen LogP contribution in [-0.4, -0.2) is 26.6 Å². The third-order valence-corrected chi connectivity index (χ3v) is 7.76. The third kappa shape index (κ3) is 4.86. The van der Waals surface area contributed by atoms with Crippen molar-refractivity contribution >= 4 is 21.6 Å². The molecule has 1 atom stereocenters. The van der Waals surface area contributed by atoms with Crippen LogP contribution in [0.1, 0.15) is 73.1 Å². The molecule has 1 N–H and O–H groups in total. The molecule has 0 spiro atoms. The van der Waals surface area contributed by atoms with E-state index in [-0.39, 0.29) is 17.7 Å². The van der Waals surface area contributed by atoms with E-state index in [1.54, 1.807) is 38.1 Å². The summed E-state index contributed by atoms with van der Waals surface area (Å²) in [5.41, 5.74) is 5.10. The van der Waals surface area contributed by atoms with Crippen molar-refractivity contribution in [3.05, 3.63) is 64.7 Å². The number of nitrogens with one attached hydrogen (secondary N) is 1. The van der Waals surface area contributed by atoms with Gasteiger partial charge in [0.05, 0.1) is 17.5 Å². The lowest BCUT2D eigenvalue weighted by Crippen LogP contribution is -2.32. The fraction of sp³-hybridized carbons (Fsp3) is 0.458. The second kappa shape index (κ2) is 9.65. The smallest absolute Gasteiger partial charge is 0.251 e. The van der Waals surface area contributed by atoms with Gasteiger partial charge in [0, 0.05) is 12.1 Å². The van der Waals surface area contributed by atoms with Gasteiger partial charge in [-0.2, -0.15) is 0 Å². The lowest BCUT2D eigenvalue weighted by atomic mass is 9.88.